The summed E-state index contributed by atoms with van der Waals surface area (Å²) < 4.78 is 0. The van der Waals surface area contributed by atoms with Crippen LogP contribution in [0.4, 0.5) is 0 Å². The van der Waals surface area contributed by atoms with E-state index in [2.05, 4.69) is 9.97 Å². The van der Waals surface area contributed by atoms with Gasteiger partial charge in [-0.2, -0.15) is 0 Å². The van der Waals surface area contributed by atoms with Crippen LogP contribution < -0.4 is 0 Å². The van der Waals surface area contributed by atoms with Gasteiger partial charge in [0.05, 0.1) is 17.4 Å². The molecule has 0 saturated carbocycles. The molecule has 0 bridgehead atoms. The summed E-state index contributed by atoms with van der Waals surface area (Å²) in [6.45, 7) is 1.85. The Labute approximate surface area is 74.2 Å². The molecule has 0 atom stereocenters. The molecule has 2 N–H and O–H groups in total. The van der Waals surface area contributed by atoms with E-state index in [9.17, 15) is 4.79 Å². The van der Waals surface area contributed by atoms with E-state index in [1.54, 1.807) is 6.07 Å². The van der Waals surface area contributed by atoms with E-state index >= 15 is 0 Å². The van der Waals surface area contributed by atoms with Gasteiger partial charge in [0.25, 0.3) is 0 Å². The Kier molecular flexibility index (Phi) is 1.55. The number of aromatic nitrogens is 2. The number of H-pyrrole nitrogens is 1. The third-order valence-corrected chi connectivity index (χ3v) is 1.90. The van der Waals surface area contributed by atoms with Gasteiger partial charge in [-0.3, -0.25) is 0 Å². The van der Waals surface area contributed by atoms with E-state index in [-0.39, 0.29) is 5.56 Å². The molecule has 0 aliphatic rings. The topological polar surface area (TPSA) is 66.0 Å². The lowest BCUT2D eigenvalue weighted by Gasteiger charge is -1.97. The van der Waals surface area contributed by atoms with Crippen molar-refractivity contribution in [2.45, 2.75) is 6.92 Å². The molecule has 1 aromatic heterocycles. The number of benzene rings is 1. The van der Waals surface area contributed by atoms with Gasteiger partial charge in [-0.25, -0.2) is 9.78 Å². The van der Waals surface area contributed by atoms with Crippen molar-refractivity contribution in [2.75, 3.05) is 0 Å². The van der Waals surface area contributed by atoms with Gasteiger partial charge in [0.1, 0.15) is 5.52 Å². The van der Waals surface area contributed by atoms with E-state index in [0.29, 0.717) is 5.52 Å². The van der Waals surface area contributed by atoms with E-state index in [4.69, 9.17) is 5.11 Å². The number of carboxylic acids is 1. The molecule has 1 heterocycles. The number of nitrogens with one attached hydrogen (secondary N) is 1. The molecule has 0 saturated heterocycles. The summed E-state index contributed by atoms with van der Waals surface area (Å²) in [7, 11) is 0. The summed E-state index contributed by atoms with van der Waals surface area (Å²) >= 11 is 0. The molecule has 1 aromatic carbocycles. The van der Waals surface area contributed by atoms with Gasteiger partial charge in [-0.05, 0) is 24.6 Å². The molecule has 2 rings (SSSR count). The van der Waals surface area contributed by atoms with Gasteiger partial charge < -0.3 is 10.1 Å². The number of nitrogens with zero attached hydrogens (tertiary/aromatic N) is 1. The highest BCUT2D eigenvalue weighted by molar-refractivity contribution is 6.01. The molecular formula is C9H8N2O2. The van der Waals surface area contributed by atoms with Crippen molar-refractivity contribution in [3.63, 3.8) is 0 Å². The third-order valence-electron chi connectivity index (χ3n) is 1.90. The number of carbonyl (C=O) groups is 1. The zero-order valence-corrected chi connectivity index (χ0v) is 7.03. The first-order chi connectivity index (χ1) is 6.18. The fraction of sp³-hybridized carbons (Fsp3) is 0.111. The standard InChI is InChI=1S/C9H8N2O2/c1-5-2-6(9(12)13)8-7(3-5)10-4-11-8/h2-4H,1H3,(H,10,11)(H,12,13). The molecule has 0 radical (unpaired) electrons. The molecule has 0 aliphatic carbocycles. The van der Waals surface area contributed by atoms with Crippen LogP contribution in [0.5, 0.6) is 0 Å². The average molecular weight is 176 g/mol. The van der Waals surface area contributed by atoms with Gasteiger partial charge in [0.15, 0.2) is 0 Å². The van der Waals surface area contributed by atoms with E-state index in [1.165, 1.54) is 6.33 Å². The van der Waals surface area contributed by atoms with Crippen LogP contribution in [0, 0.1) is 6.92 Å². The number of aromatic carboxylic acids is 1. The van der Waals surface area contributed by atoms with Crippen LogP contribution in [0.3, 0.4) is 0 Å². The maximum Gasteiger partial charge on any atom is 0.337 e. The Morgan fingerprint density at radius 1 is 1.54 bits per heavy atom. The van der Waals surface area contributed by atoms with Gasteiger partial charge >= 0.3 is 5.97 Å². The van der Waals surface area contributed by atoms with Crippen molar-refractivity contribution in [1.82, 2.24) is 9.97 Å². The number of aryl methyl sites for hydroxylation is 1. The minimum Gasteiger partial charge on any atom is -0.478 e. The number of hydrogen-bond acceptors (Lipinski definition) is 2. The van der Waals surface area contributed by atoms with Crippen LogP contribution in [-0.4, -0.2) is 21.0 Å². The number of imidazole rings is 1. The first kappa shape index (κ1) is 7.79. The summed E-state index contributed by atoms with van der Waals surface area (Å²) in [5, 5.41) is 8.87. The lowest BCUT2D eigenvalue weighted by Crippen LogP contribution is -1.98. The Morgan fingerprint density at radius 3 is 3.00 bits per heavy atom. The first-order valence-corrected chi connectivity index (χ1v) is 3.85. The summed E-state index contributed by atoms with van der Waals surface area (Å²) in [4.78, 5) is 17.6. The second-order valence-electron chi connectivity index (χ2n) is 2.92. The van der Waals surface area contributed by atoms with E-state index in [0.717, 1.165) is 11.1 Å². The highest BCUT2D eigenvalue weighted by atomic mass is 16.4. The lowest BCUT2D eigenvalue weighted by molar-refractivity contribution is 0.0698. The van der Waals surface area contributed by atoms with Crippen molar-refractivity contribution >= 4 is 17.0 Å². The Morgan fingerprint density at radius 2 is 2.31 bits per heavy atom. The Balaban J connectivity index is 2.84. The lowest BCUT2D eigenvalue weighted by atomic mass is 10.1. The summed E-state index contributed by atoms with van der Waals surface area (Å²) in [6.07, 6.45) is 1.50. The smallest absolute Gasteiger partial charge is 0.337 e. The van der Waals surface area contributed by atoms with Crippen molar-refractivity contribution in [3.8, 4) is 0 Å². The van der Waals surface area contributed by atoms with E-state index < -0.39 is 5.97 Å². The number of aromatic amines is 1. The first-order valence-electron chi connectivity index (χ1n) is 3.85. The quantitative estimate of drug-likeness (QED) is 0.693. The Hall–Kier alpha value is -1.84. The monoisotopic (exact) mass is 176 g/mol. The van der Waals surface area contributed by atoms with Crippen molar-refractivity contribution in [2.24, 2.45) is 0 Å². The molecule has 4 nitrogen and oxygen atoms in total. The maximum absolute atomic E-state index is 10.8. The highest BCUT2D eigenvalue weighted by Gasteiger charge is 2.10. The molecule has 0 aliphatic heterocycles. The van der Waals surface area contributed by atoms with Crippen LogP contribution >= 0.6 is 0 Å². The maximum atomic E-state index is 10.8. The van der Waals surface area contributed by atoms with Crippen LogP contribution in [0.15, 0.2) is 18.5 Å². The number of carboxylic acid groups (broad SMARTS) is 1. The van der Waals surface area contributed by atoms with Crippen molar-refractivity contribution < 1.29 is 9.90 Å². The number of hydrogen-bond donors (Lipinski definition) is 2. The highest BCUT2D eigenvalue weighted by Crippen LogP contribution is 2.17. The molecule has 0 spiro atoms. The zero-order chi connectivity index (χ0) is 9.42. The fourth-order valence-electron chi connectivity index (χ4n) is 1.36. The average Bonchev–Trinajstić information content (AvgIpc) is 2.49. The largest absolute Gasteiger partial charge is 0.478 e. The van der Waals surface area contributed by atoms with Gasteiger partial charge in [0, 0.05) is 0 Å². The minimum atomic E-state index is -0.944. The molecular weight excluding hydrogens is 168 g/mol. The molecule has 4 heteroatoms. The number of fused-ring (bicyclic) bond motifs is 1. The normalized spacial score (nSPS) is 10.5. The van der Waals surface area contributed by atoms with Crippen molar-refractivity contribution in [3.05, 3.63) is 29.6 Å². The SMILES string of the molecule is Cc1cc(C(=O)O)c2nc[nH]c2c1. The molecule has 13 heavy (non-hydrogen) atoms. The van der Waals surface area contributed by atoms with Crippen LogP contribution in [-0.2, 0) is 0 Å². The number of rotatable bonds is 1. The Bertz CT molecular complexity index is 473. The van der Waals surface area contributed by atoms with Gasteiger partial charge in [-0.1, -0.05) is 0 Å². The fourth-order valence-corrected chi connectivity index (χ4v) is 1.36. The molecule has 0 amide bonds. The molecule has 0 unspecified atom stereocenters. The second kappa shape index (κ2) is 2.58. The predicted molar refractivity (Wildman–Crippen MR) is 47.8 cm³/mol. The molecule has 66 valence electrons. The molecule has 0 fully saturated rings. The van der Waals surface area contributed by atoms with Gasteiger partial charge in [0.2, 0.25) is 0 Å². The van der Waals surface area contributed by atoms with Gasteiger partial charge in [-0.15, -0.1) is 0 Å². The van der Waals surface area contributed by atoms with Crippen LogP contribution in [0.1, 0.15) is 15.9 Å². The zero-order valence-electron chi connectivity index (χ0n) is 7.03. The molecule has 2 aromatic rings. The third kappa shape index (κ3) is 1.16. The summed E-state index contributed by atoms with van der Waals surface area (Å²) in [5.41, 5.74) is 2.43. The van der Waals surface area contributed by atoms with Crippen LogP contribution in [0.2, 0.25) is 0 Å². The summed E-state index contributed by atoms with van der Waals surface area (Å²) in [5.74, 6) is -0.944. The second-order valence-corrected chi connectivity index (χ2v) is 2.92. The minimum absolute atomic E-state index is 0.247. The summed E-state index contributed by atoms with van der Waals surface area (Å²) in [6, 6.07) is 3.49. The van der Waals surface area contributed by atoms with E-state index in [1.807, 2.05) is 13.0 Å². The van der Waals surface area contributed by atoms with Crippen molar-refractivity contribution in [1.29, 1.82) is 0 Å². The predicted octanol–water partition coefficient (Wildman–Crippen LogP) is 1.57. The van der Waals surface area contributed by atoms with Crippen LogP contribution in [0.25, 0.3) is 11.0 Å².